The van der Waals surface area contributed by atoms with Crippen LogP contribution in [0, 0.1) is 6.92 Å². The predicted octanol–water partition coefficient (Wildman–Crippen LogP) is 6.47. The highest BCUT2D eigenvalue weighted by molar-refractivity contribution is 7.89. The standard InChI is InChI=1S/C28H32N4O4S2/c1-4-6-16-31(17-7-5-2)38(34,35)24-13-11-22(12-14-24)27(33)32(29-20-23-9-8-18-36-23)28-30-25-15-10-21(3)19-26(25)37-28/h8-15,18-20H,4-7,16-17H2,1-3H3/b29-20+. The predicted molar refractivity (Wildman–Crippen MR) is 152 cm³/mol. The number of carbonyl (C=O) groups excluding carboxylic acids is 1. The van der Waals surface area contributed by atoms with Gasteiger partial charge in [0.05, 0.1) is 27.6 Å². The minimum Gasteiger partial charge on any atom is -0.463 e. The second-order valence-electron chi connectivity index (χ2n) is 8.98. The van der Waals surface area contributed by atoms with E-state index in [2.05, 4.69) is 10.1 Å². The molecule has 38 heavy (non-hydrogen) atoms. The zero-order chi connectivity index (χ0) is 27.1. The monoisotopic (exact) mass is 552 g/mol. The van der Waals surface area contributed by atoms with Crippen LogP contribution < -0.4 is 5.01 Å². The van der Waals surface area contributed by atoms with Crippen LogP contribution >= 0.6 is 11.3 Å². The molecule has 0 aliphatic carbocycles. The van der Waals surface area contributed by atoms with Gasteiger partial charge in [0.2, 0.25) is 15.2 Å². The number of aryl methyl sites for hydroxylation is 1. The van der Waals surface area contributed by atoms with Crippen LogP contribution in [0.3, 0.4) is 0 Å². The SMILES string of the molecule is CCCCN(CCCC)S(=O)(=O)c1ccc(C(=O)N(/N=C/c2ccco2)c2nc3ccc(C)cc3s2)cc1. The Morgan fingerprint density at radius 1 is 1.05 bits per heavy atom. The summed E-state index contributed by atoms with van der Waals surface area (Å²) in [7, 11) is -3.67. The van der Waals surface area contributed by atoms with E-state index in [9.17, 15) is 13.2 Å². The van der Waals surface area contributed by atoms with Crippen molar-refractivity contribution in [3.63, 3.8) is 0 Å². The van der Waals surface area contributed by atoms with E-state index in [4.69, 9.17) is 4.42 Å². The fourth-order valence-corrected chi connectivity index (χ4v) is 6.38. The van der Waals surface area contributed by atoms with E-state index < -0.39 is 15.9 Å². The number of hydrogen-bond donors (Lipinski definition) is 0. The van der Waals surface area contributed by atoms with E-state index in [1.54, 1.807) is 16.4 Å². The molecule has 2 aromatic carbocycles. The van der Waals surface area contributed by atoms with Gasteiger partial charge in [-0.3, -0.25) is 4.79 Å². The third-order valence-corrected chi connectivity index (χ3v) is 8.92. The maximum atomic E-state index is 13.6. The lowest BCUT2D eigenvalue weighted by atomic mass is 10.2. The molecule has 4 rings (SSSR count). The highest BCUT2D eigenvalue weighted by Gasteiger charge is 2.25. The average Bonchev–Trinajstić information content (AvgIpc) is 3.58. The maximum absolute atomic E-state index is 13.6. The first-order valence-corrected chi connectivity index (χ1v) is 15.0. The van der Waals surface area contributed by atoms with E-state index in [0.717, 1.165) is 41.5 Å². The number of furan rings is 1. The molecule has 4 aromatic rings. The van der Waals surface area contributed by atoms with Crippen LogP contribution in [0.15, 0.2) is 75.3 Å². The van der Waals surface area contributed by atoms with Crippen molar-refractivity contribution in [2.24, 2.45) is 5.10 Å². The van der Waals surface area contributed by atoms with Crippen LogP contribution in [0.2, 0.25) is 0 Å². The molecule has 0 spiro atoms. The van der Waals surface area contributed by atoms with Gasteiger partial charge in [-0.25, -0.2) is 13.4 Å². The Bertz CT molecular complexity index is 1490. The lowest BCUT2D eigenvalue weighted by molar-refractivity contribution is 0.0987. The van der Waals surface area contributed by atoms with Gasteiger partial charge in [-0.15, -0.1) is 0 Å². The van der Waals surface area contributed by atoms with Crippen LogP contribution in [-0.2, 0) is 10.0 Å². The number of unbranched alkanes of at least 4 members (excludes halogenated alkanes) is 2. The summed E-state index contributed by atoms with van der Waals surface area (Å²) < 4.78 is 34.5. The van der Waals surface area contributed by atoms with Gasteiger partial charge in [0, 0.05) is 18.7 Å². The zero-order valence-electron chi connectivity index (χ0n) is 21.8. The second-order valence-corrected chi connectivity index (χ2v) is 11.9. The molecule has 0 radical (unpaired) electrons. The van der Waals surface area contributed by atoms with E-state index in [-0.39, 0.29) is 4.90 Å². The lowest BCUT2D eigenvalue weighted by Crippen LogP contribution is -2.33. The highest BCUT2D eigenvalue weighted by atomic mass is 32.2. The highest BCUT2D eigenvalue weighted by Crippen LogP contribution is 2.31. The summed E-state index contributed by atoms with van der Waals surface area (Å²) in [4.78, 5) is 18.4. The third-order valence-electron chi connectivity index (χ3n) is 6.01. The van der Waals surface area contributed by atoms with Crippen molar-refractivity contribution in [2.75, 3.05) is 18.1 Å². The van der Waals surface area contributed by atoms with E-state index in [0.29, 0.717) is 29.5 Å². The first-order chi connectivity index (χ1) is 18.3. The largest absolute Gasteiger partial charge is 0.463 e. The van der Waals surface area contributed by atoms with Crippen molar-refractivity contribution >= 4 is 48.8 Å². The molecule has 0 saturated carbocycles. The Labute approximate surface area is 227 Å². The molecule has 0 fully saturated rings. The molecule has 2 heterocycles. The molecular weight excluding hydrogens is 520 g/mol. The summed E-state index contributed by atoms with van der Waals surface area (Å²) in [6.45, 7) is 7.03. The quantitative estimate of drug-likeness (QED) is 0.148. The van der Waals surface area contributed by atoms with Gasteiger partial charge in [0.1, 0.15) is 5.76 Å². The van der Waals surface area contributed by atoms with Crippen LogP contribution in [0.1, 0.15) is 61.2 Å². The van der Waals surface area contributed by atoms with Gasteiger partial charge >= 0.3 is 0 Å². The van der Waals surface area contributed by atoms with Crippen LogP contribution in [-0.4, -0.2) is 42.9 Å². The molecular formula is C28H32N4O4S2. The molecule has 0 aliphatic heterocycles. The molecule has 0 N–H and O–H groups in total. The fourth-order valence-electron chi connectivity index (χ4n) is 3.84. The second kappa shape index (κ2) is 12.5. The topological polar surface area (TPSA) is 96.1 Å². The smallest absolute Gasteiger partial charge is 0.280 e. The summed E-state index contributed by atoms with van der Waals surface area (Å²) in [5, 5.41) is 6.01. The van der Waals surface area contributed by atoms with Crippen molar-refractivity contribution in [3.8, 4) is 0 Å². The number of fused-ring (bicyclic) bond motifs is 1. The summed E-state index contributed by atoms with van der Waals surface area (Å²) in [5.74, 6) is 0.0572. The number of hydrazone groups is 1. The Hall–Kier alpha value is -3.34. The number of benzene rings is 2. The fraction of sp³-hybridized carbons (Fsp3) is 0.321. The molecule has 0 saturated heterocycles. The molecule has 0 unspecified atom stereocenters. The normalized spacial score (nSPS) is 12.1. The van der Waals surface area contributed by atoms with Crippen molar-refractivity contribution in [2.45, 2.75) is 51.3 Å². The number of amides is 1. The van der Waals surface area contributed by atoms with E-state index >= 15 is 0 Å². The summed E-state index contributed by atoms with van der Waals surface area (Å²) in [6.07, 6.45) is 6.38. The van der Waals surface area contributed by atoms with Crippen LogP contribution in [0.4, 0.5) is 5.13 Å². The Kier molecular flexibility index (Phi) is 9.09. The summed E-state index contributed by atoms with van der Waals surface area (Å²) >= 11 is 1.35. The average molecular weight is 553 g/mol. The number of thiazole rings is 1. The first kappa shape index (κ1) is 27.7. The van der Waals surface area contributed by atoms with Crippen molar-refractivity contribution in [1.82, 2.24) is 9.29 Å². The number of anilines is 1. The number of rotatable bonds is 12. The number of carbonyl (C=O) groups is 1. The molecule has 10 heteroatoms. The van der Waals surface area contributed by atoms with Gasteiger partial charge in [0.15, 0.2) is 0 Å². The Morgan fingerprint density at radius 2 is 1.76 bits per heavy atom. The molecule has 0 atom stereocenters. The molecule has 8 nitrogen and oxygen atoms in total. The number of hydrogen-bond acceptors (Lipinski definition) is 7. The van der Waals surface area contributed by atoms with Crippen molar-refractivity contribution in [1.29, 1.82) is 0 Å². The molecule has 2 aromatic heterocycles. The third kappa shape index (κ3) is 6.38. The summed E-state index contributed by atoms with van der Waals surface area (Å²) in [6, 6.07) is 15.4. The molecule has 0 aliphatic rings. The Balaban J connectivity index is 1.64. The van der Waals surface area contributed by atoms with E-state index in [1.165, 1.54) is 53.1 Å². The minimum atomic E-state index is -3.67. The van der Waals surface area contributed by atoms with Gasteiger partial charge in [-0.1, -0.05) is 44.1 Å². The maximum Gasteiger partial charge on any atom is 0.280 e. The van der Waals surface area contributed by atoms with Gasteiger partial charge in [-0.2, -0.15) is 14.4 Å². The number of sulfonamides is 1. The lowest BCUT2D eigenvalue weighted by Gasteiger charge is -2.22. The van der Waals surface area contributed by atoms with Gasteiger partial charge < -0.3 is 4.42 Å². The van der Waals surface area contributed by atoms with Crippen molar-refractivity contribution < 1.29 is 17.6 Å². The minimum absolute atomic E-state index is 0.169. The van der Waals surface area contributed by atoms with Gasteiger partial charge in [0.25, 0.3) is 5.91 Å². The van der Waals surface area contributed by atoms with Crippen molar-refractivity contribution in [3.05, 3.63) is 77.7 Å². The first-order valence-electron chi connectivity index (χ1n) is 12.7. The molecule has 1 amide bonds. The van der Waals surface area contributed by atoms with Crippen LogP contribution in [0.25, 0.3) is 10.2 Å². The van der Waals surface area contributed by atoms with E-state index in [1.807, 2.05) is 39.0 Å². The summed E-state index contributed by atoms with van der Waals surface area (Å²) in [5.41, 5.74) is 2.15. The zero-order valence-corrected chi connectivity index (χ0v) is 23.5. The number of aromatic nitrogens is 1. The molecule has 200 valence electrons. The number of nitrogens with zero attached hydrogens (tertiary/aromatic N) is 4. The molecule has 0 bridgehead atoms. The Morgan fingerprint density at radius 3 is 2.39 bits per heavy atom. The van der Waals surface area contributed by atoms with Gasteiger partial charge in [-0.05, 0) is 73.9 Å². The van der Waals surface area contributed by atoms with Crippen LogP contribution in [0.5, 0.6) is 0 Å².